The molecule has 0 aromatic heterocycles. The van der Waals surface area contributed by atoms with Crippen molar-refractivity contribution in [3.8, 4) is 0 Å². The molecule has 0 saturated carbocycles. The first-order valence-electron chi connectivity index (χ1n) is 6.32. The number of rotatable bonds is 3. The number of carbonyl (C=O) groups excluding carboxylic acids is 1. The predicted molar refractivity (Wildman–Crippen MR) is 76.7 cm³/mol. The molecule has 98 valence electrons. The summed E-state index contributed by atoms with van der Waals surface area (Å²) < 4.78 is 0. The Morgan fingerprint density at radius 2 is 2.06 bits per heavy atom. The number of halogens is 1. The number of benzene rings is 1. The minimum Gasteiger partial charge on any atom is -0.339 e. The van der Waals surface area contributed by atoms with Crippen LogP contribution in [0.15, 0.2) is 30.3 Å². The van der Waals surface area contributed by atoms with Gasteiger partial charge in [-0.05, 0) is 12.5 Å². The van der Waals surface area contributed by atoms with Gasteiger partial charge in [-0.25, -0.2) is 0 Å². The molecule has 1 amide bonds. The van der Waals surface area contributed by atoms with Crippen LogP contribution in [0.25, 0.3) is 0 Å². The van der Waals surface area contributed by atoms with Crippen molar-refractivity contribution in [2.75, 3.05) is 25.0 Å². The Kier molecular flexibility index (Phi) is 4.78. The van der Waals surface area contributed by atoms with Crippen LogP contribution >= 0.6 is 15.9 Å². The van der Waals surface area contributed by atoms with Gasteiger partial charge < -0.3 is 4.90 Å². The molecular weight excluding hydrogens is 292 g/mol. The molecule has 1 heterocycles. The summed E-state index contributed by atoms with van der Waals surface area (Å²) in [7, 11) is 0. The SMILES string of the molecule is CC1CN(C(=O)CBr)CCN1Cc1ccccc1. The summed E-state index contributed by atoms with van der Waals surface area (Å²) in [4.78, 5) is 16.0. The Bertz CT molecular complexity index is 396. The topological polar surface area (TPSA) is 23.6 Å². The third-order valence-corrected chi connectivity index (χ3v) is 3.94. The van der Waals surface area contributed by atoms with E-state index in [1.165, 1.54) is 5.56 Å². The van der Waals surface area contributed by atoms with Crippen LogP contribution in [0.3, 0.4) is 0 Å². The maximum Gasteiger partial charge on any atom is 0.233 e. The first-order chi connectivity index (χ1) is 8.70. The van der Waals surface area contributed by atoms with Crippen LogP contribution in [-0.2, 0) is 11.3 Å². The highest BCUT2D eigenvalue weighted by Gasteiger charge is 2.25. The lowest BCUT2D eigenvalue weighted by Gasteiger charge is -2.39. The van der Waals surface area contributed by atoms with Gasteiger partial charge in [0.1, 0.15) is 0 Å². The van der Waals surface area contributed by atoms with Crippen molar-refractivity contribution in [3.05, 3.63) is 35.9 Å². The summed E-state index contributed by atoms with van der Waals surface area (Å²) in [5, 5.41) is 0.429. The third-order valence-electron chi connectivity index (χ3n) is 3.46. The Morgan fingerprint density at radius 1 is 1.33 bits per heavy atom. The maximum absolute atomic E-state index is 11.6. The normalized spacial score (nSPS) is 21.0. The van der Waals surface area contributed by atoms with Gasteiger partial charge in [-0.2, -0.15) is 0 Å². The second-order valence-corrected chi connectivity index (χ2v) is 5.34. The van der Waals surface area contributed by atoms with E-state index in [-0.39, 0.29) is 5.91 Å². The number of nitrogens with zero attached hydrogens (tertiary/aromatic N) is 2. The molecule has 0 aliphatic carbocycles. The molecular formula is C14H19BrN2O. The van der Waals surface area contributed by atoms with Crippen molar-refractivity contribution in [3.63, 3.8) is 0 Å². The molecule has 1 aromatic carbocycles. The van der Waals surface area contributed by atoms with Crippen LogP contribution in [0.1, 0.15) is 12.5 Å². The van der Waals surface area contributed by atoms with E-state index in [0.29, 0.717) is 11.4 Å². The van der Waals surface area contributed by atoms with Gasteiger partial charge in [0.25, 0.3) is 0 Å². The Hall–Kier alpha value is -0.870. The zero-order valence-electron chi connectivity index (χ0n) is 10.7. The van der Waals surface area contributed by atoms with Crippen LogP contribution in [0.2, 0.25) is 0 Å². The van der Waals surface area contributed by atoms with Crippen LogP contribution in [-0.4, -0.2) is 46.7 Å². The van der Waals surface area contributed by atoms with Gasteiger partial charge in [0, 0.05) is 32.2 Å². The fraction of sp³-hybridized carbons (Fsp3) is 0.500. The lowest BCUT2D eigenvalue weighted by atomic mass is 10.1. The highest BCUT2D eigenvalue weighted by Crippen LogP contribution is 2.14. The molecule has 1 saturated heterocycles. The molecule has 0 radical (unpaired) electrons. The summed E-state index contributed by atoms with van der Waals surface area (Å²) in [5.74, 6) is 0.196. The van der Waals surface area contributed by atoms with Gasteiger partial charge in [-0.15, -0.1) is 0 Å². The fourth-order valence-corrected chi connectivity index (χ4v) is 2.71. The van der Waals surface area contributed by atoms with Crippen LogP contribution in [0.5, 0.6) is 0 Å². The highest BCUT2D eigenvalue weighted by atomic mass is 79.9. The van der Waals surface area contributed by atoms with E-state index >= 15 is 0 Å². The first kappa shape index (κ1) is 13.6. The lowest BCUT2D eigenvalue weighted by Crippen LogP contribution is -2.53. The molecule has 1 aliphatic rings. The van der Waals surface area contributed by atoms with Gasteiger partial charge >= 0.3 is 0 Å². The van der Waals surface area contributed by atoms with Crippen molar-refractivity contribution in [1.82, 2.24) is 9.80 Å². The van der Waals surface area contributed by atoms with Crippen molar-refractivity contribution in [1.29, 1.82) is 0 Å². The average Bonchev–Trinajstić information content (AvgIpc) is 2.41. The minimum absolute atomic E-state index is 0.196. The monoisotopic (exact) mass is 310 g/mol. The average molecular weight is 311 g/mol. The molecule has 1 aromatic rings. The van der Waals surface area contributed by atoms with Crippen molar-refractivity contribution in [2.45, 2.75) is 19.5 Å². The minimum atomic E-state index is 0.196. The van der Waals surface area contributed by atoms with Gasteiger partial charge in [-0.1, -0.05) is 46.3 Å². The number of amides is 1. The number of alkyl halides is 1. The molecule has 0 N–H and O–H groups in total. The van der Waals surface area contributed by atoms with E-state index in [0.717, 1.165) is 26.2 Å². The van der Waals surface area contributed by atoms with Crippen molar-refractivity contribution >= 4 is 21.8 Å². The van der Waals surface area contributed by atoms with Crippen LogP contribution in [0.4, 0.5) is 0 Å². The Balaban J connectivity index is 1.92. The van der Waals surface area contributed by atoms with E-state index in [9.17, 15) is 4.79 Å². The zero-order chi connectivity index (χ0) is 13.0. The molecule has 18 heavy (non-hydrogen) atoms. The molecule has 3 nitrogen and oxygen atoms in total. The number of carbonyl (C=O) groups is 1. The molecule has 1 fully saturated rings. The number of hydrogen-bond donors (Lipinski definition) is 0. The number of hydrogen-bond acceptors (Lipinski definition) is 2. The summed E-state index contributed by atoms with van der Waals surface area (Å²) in [5.41, 5.74) is 1.34. The molecule has 0 spiro atoms. The van der Waals surface area contributed by atoms with Gasteiger partial charge in [0.15, 0.2) is 0 Å². The van der Waals surface area contributed by atoms with Crippen LogP contribution < -0.4 is 0 Å². The van der Waals surface area contributed by atoms with E-state index in [2.05, 4.69) is 52.0 Å². The summed E-state index contributed by atoms with van der Waals surface area (Å²) in [6.07, 6.45) is 0. The molecule has 1 atom stereocenters. The van der Waals surface area contributed by atoms with Gasteiger partial charge in [0.05, 0.1) is 5.33 Å². The fourth-order valence-electron chi connectivity index (χ4n) is 2.36. The zero-order valence-corrected chi connectivity index (χ0v) is 12.3. The molecule has 0 bridgehead atoms. The number of piperazine rings is 1. The molecule has 4 heteroatoms. The second kappa shape index (κ2) is 6.34. The summed E-state index contributed by atoms with van der Waals surface area (Å²) in [6, 6.07) is 10.9. The van der Waals surface area contributed by atoms with Gasteiger partial charge in [-0.3, -0.25) is 9.69 Å². The van der Waals surface area contributed by atoms with E-state index in [1.807, 2.05) is 11.0 Å². The van der Waals surface area contributed by atoms with Crippen LogP contribution in [0, 0.1) is 0 Å². The smallest absolute Gasteiger partial charge is 0.233 e. The molecule has 2 rings (SSSR count). The standard InChI is InChI=1S/C14H19BrN2O/c1-12-10-17(14(18)9-15)8-7-16(12)11-13-5-3-2-4-6-13/h2-6,12H,7-11H2,1H3. The molecule has 1 aliphatic heterocycles. The Labute approximate surface area is 117 Å². The predicted octanol–water partition coefficient (Wildman–Crippen LogP) is 2.11. The highest BCUT2D eigenvalue weighted by molar-refractivity contribution is 9.09. The maximum atomic E-state index is 11.6. The lowest BCUT2D eigenvalue weighted by molar-refractivity contribution is -0.131. The van der Waals surface area contributed by atoms with Crippen molar-refractivity contribution < 1.29 is 4.79 Å². The van der Waals surface area contributed by atoms with E-state index in [1.54, 1.807) is 0 Å². The summed E-state index contributed by atoms with van der Waals surface area (Å²) >= 11 is 3.23. The molecule has 1 unspecified atom stereocenters. The van der Waals surface area contributed by atoms with Gasteiger partial charge in [0.2, 0.25) is 5.91 Å². The third kappa shape index (κ3) is 3.33. The first-order valence-corrected chi connectivity index (χ1v) is 7.44. The second-order valence-electron chi connectivity index (χ2n) is 4.78. The quantitative estimate of drug-likeness (QED) is 0.798. The largest absolute Gasteiger partial charge is 0.339 e. The Morgan fingerprint density at radius 3 is 2.67 bits per heavy atom. The van der Waals surface area contributed by atoms with E-state index in [4.69, 9.17) is 0 Å². The van der Waals surface area contributed by atoms with E-state index < -0.39 is 0 Å². The van der Waals surface area contributed by atoms with Crippen molar-refractivity contribution in [2.24, 2.45) is 0 Å². The summed E-state index contributed by atoms with van der Waals surface area (Å²) in [6.45, 7) is 5.78.